The Morgan fingerprint density at radius 3 is 2.60 bits per heavy atom. The third kappa shape index (κ3) is 6.22. The molecule has 0 bridgehead atoms. The van der Waals surface area contributed by atoms with Crippen LogP contribution in [0.3, 0.4) is 0 Å². The lowest BCUT2D eigenvalue weighted by atomic mass is 10.2. The van der Waals surface area contributed by atoms with E-state index in [1.165, 1.54) is 0 Å². The number of imide groups is 1. The van der Waals surface area contributed by atoms with Crippen LogP contribution in [-0.2, 0) is 14.4 Å². The Morgan fingerprint density at radius 2 is 1.96 bits per heavy atom. The zero-order chi connectivity index (χ0) is 18.4. The number of hydrogen-bond donors (Lipinski definition) is 3. The van der Waals surface area contributed by atoms with E-state index in [1.54, 1.807) is 4.90 Å². The third-order valence-electron chi connectivity index (χ3n) is 4.08. The van der Waals surface area contributed by atoms with Crippen LogP contribution in [0.2, 0.25) is 0 Å². The van der Waals surface area contributed by atoms with Gasteiger partial charge in [-0.2, -0.15) is 0 Å². The minimum Gasteiger partial charge on any atom is -0.335 e. The summed E-state index contributed by atoms with van der Waals surface area (Å²) in [6.45, 7) is 4.46. The van der Waals surface area contributed by atoms with Gasteiger partial charge in [-0.25, -0.2) is 4.79 Å². The Bertz CT molecular complexity index is 534. The smallest absolute Gasteiger partial charge is 0.321 e. The number of amides is 5. The van der Waals surface area contributed by atoms with E-state index in [0.717, 1.165) is 37.4 Å². The lowest BCUT2D eigenvalue weighted by Crippen LogP contribution is -2.56. The van der Waals surface area contributed by atoms with Crippen LogP contribution < -0.4 is 16.0 Å². The average Bonchev–Trinajstić information content (AvgIpc) is 3.00. The molecule has 1 aliphatic carbocycles. The monoisotopic (exact) mass is 370 g/mol. The second-order valence-electron chi connectivity index (χ2n) is 6.85. The standard InChI is InChI=1S/C16H26N4O4S/c1-10(2)8-20-14(23)7-12(21)19-16(20)25-9-13(22)18-15(24)17-11-5-3-4-6-11/h10-11,16H,3-9H2,1-2H3,(H,19,21)(H2,17,18,22,24)/t16-/m0/s1. The molecule has 25 heavy (non-hydrogen) atoms. The molecule has 140 valence electrons. The predicted molar refractivity (Wildman–Crippen MR) is 94.5 cm³/mol. The molecular formula is C16H26N4O4S. The summed E-state index contributed by atoms with van der Waals surface area (Å²) in [6, 6.07) is -0.350. The van der Waals surface area contributed by atoms with Crippen LogP contribution in [-0.4, -0.2) is 52.5 Å². The fraction of sp³-hybridized carbons (Fsp3) is 0.750. The van der Waals surface area contributed by atoms with Crippen LogP contribution in [0.15, 0.2) is 0 Å². The van der Waals surface area contributed by atoms with Gasteiger partial charge in [-0.3, -0.25) is 19.7 Å². The van der Waals surface area contributed by atoms with E-state index in [2.05, 4.69) is 16.0 Å². The van der Waals surface area contributed by atoms with Gasteiger partial charge in [-0.15, -0.1) is 11.8 Å². The Balaban J connectivity index is 1.80. The Kier molecular flexibility index (Phi) is 7.10. The van der Waals surface area contributed by atoms with Gasteiger partial charge in [-0.1, -0.05) is 26.7 Å². The maximum atomic E-state index is 12.1. The number of thioether (sulfide) groups is 1. The Labute approximate surface area is 151 Å². The quantitative estimate of drug-likeness (QED) is 0.599. The van der Waals surface area contributed by atoms with Gasteiger partial charge < -0.3 is 15.5 Å². The van der Waals surface area contributed by atoms with Crippen LogP contribution in [0.4, 0.5) is 4.79 Å². The maximum absolute atomic E-state index is 12.1. The first-order valence-electron chi connectivity index (χ1n) is 8.66. The lowest BCUT2D eigenvalue weighted by Gasteiger charge is -2.36. The number of carbonyl (C=O) groups is 4. The van der Waals surface area contributed by atoms with E-state index in [4.69, 9.17) is 0 Å². The molecule has 2 aliphatic rings. The van der Waals surface area contributed by atoms with Crippen molar-refractivity contribution in [2.24, 2.45) is 5.92 Å². The highest BCUT2D eigenvalue weighted by atomic mass is 32.2. The van der Waals surface area contributed by atoms with Crippen molar-refractivity contribution in [3.63, 3.8) is 0 Å². The van der Waals surface area contributed by atoms with Crippen LogP contribution in [0.25, 0.3) is 0 Å². The SMILES string of the molecule is CC(C)CN1C(=O)CC(=O)N[C@@H]1SCC(=O)NC(=O)NC1CCCC1. The summed E-state index contributed by atoms with van der Waals surface area (Å²) >= 11 is 1.13. The zero-order valence-corrected chi connectivity index (χ0v) is 15.5. The second kappa shape index (κ2) is 9.07. The van der Waals surface area contributed by atoms with Gasteiger partial charge in [0.25, 0.3) is 0 Å². The van der Waals surface area contributed by atoms with Gasteiger partial charge in [-0.05, 0) is 18.8 Å². The highest BCUT2D eigenvalue weighted by Gasteiger charge is 2.33. The molecule has 1 heterocycles. The highest BCUT2D eigenvalue weighted by Crippen LogP contribution is 2.20. The summed E-state index contributed by atoms with van der Waals surface area (Å²) in [4.78, 5) is 49.0. The molecule has 0 aromatic rings. The molecule has 9 heteroatoms. The number of hydrogen-bond acceptors (Lipinski definition) is 5. The first kappa shape index (κ1) is 19.6. The number of nitrogens with zero attached hydrogens (tertiary/aromatic N) is 1. The Morgan fingerprint density at radius 1 is 1.28 bits per heavy atom. The first-order chi connectivity index (χ1) is 11.8. The second-order valence-corrected chi connectivity index (χ2v) is 7.92. The predicted octanol–water partition coefficient (Wildman–Crippen LogP) is 0.776. The summed E-state index contributed by atoms with van der Waals surface area (Å²) in [5, 5.41) is 7.80. The molecule has 1 saturated carbocycles. The number of carbonyl (C=O) groups excluding carboxylic acids is 4. The van der Waals surface area contributed by atoms with E-state index >= 15 is 0 Å². The molecule has 1 saturated heterocycles. The van der Waals surface area contributed by atoms with Crippen LogP contribution >= 0.6 is 11.8 Å². The molecule has 3 N–H and O–H groups in total. The summed E-state index contributed by atoms with van der Waals surface area (Å²) < 4.78 is 0. The van der Waals surface area contributed by atoms with Crippen molar-refractivity contribution in [1.29, 1.82) is 0 Å². The van der Waals surface area contributed by atoms with Crippen molar-refractivity contribution in [1.82, 2.24) is 20.9 Å². The number of rotatable bonds is 6. The maximum Gasteiger partial charge on any atom is 0.321 e. The topological polar surface area (TPSA) is 108 Å². The van der Waals surface area contributed by atoms with Crippen LogP contribution in [0.1, 0.15) is 46.0 Å². The summed E-state index contributed by atoms with van der Waals surface area (Å²) in [5.74, 6) is -0.813. The molecular weight excluding hydrogens is 344 g/mol. The molecule has 8 nitrogen and oxygen atoms in total. The molecule has 0 unspecified atom stereocenters. The number of nitrogens with one attached hydrogen (secondary N) is 3. The fourth-order valence-electron chi connectivity index (χ4n) is 2.97. The van der Waals surface area contributed by atoms with Crippen molar-refractivity contribution in [3.8, 4) is 0 Å². The molecule has 0 aromatic heterocycles. The summed E-state index contributed by atoms with van der Waals surface area (Å²) in [7, 11) is 0. The van der Waals surface area contributed by atoms with E-state index in [0.29, 0.717) is 6.54 Å². The first-order valence-corrected chi connectivity index (χ1v) is 9.71. The third-order valence-corrected chi connectivity index (χ3v) is 5.19. The molecule has 1 atom stereocenters. The fourth-order valence-corrected chi connectivity index (χ4v) is 3.95. The molecule has 2 rings (SSSR count). The van der Waals surface area contributed by atoms with Gasteiger partial charge in [0.1, 0.15) is 6.42 Å². The summed E-state index contributed by atoms with van der Waals surface area (Å²) in [6.07, 6.45) is 3.90. The van der Waals surface area contributed by atoms with Crippen LogP contribution in [0, 0.1) is 5.92 Å². The number of urea groups is 1. The van der Waals surface area contributed by atoms with E-state index in [9.17, 15) is 19.2 Å². The normalized spacial score (nSPS) is 21.4. The van der Waals surface area contributed by atoms with Gasteiger partial charge in [0.05, 0.1) is 5.75 Å². The molecule has 2 fully saturated rings. The Hall–Kier alpha value is -1.77. The van der Waals surface area contributed by atoms with Crippen molar-refractivity contribution in [2.75, 3.05) is 12.3 Å². The van der Waals surface area contributed by atoms with Gasteiger partial charge in [0.15, 0.2) is 5.50 Å². The zero-order valence-electron chi connectivity index (χ0n) is 14.7. The van der Waals surface area contributed by atoms with E-state index in [1.807, 2.05) is 13.8 Å². The minimum absolute atomic E-state index is 0.0229. The molecule has 0 spiro atoms. The van der Waals surface area contributed by atoms with Crippen molar-refractivity contribution >= 4 is 35.5 Å². The summed E-state index contributed by atoms with van der Waals surface area (Å²) in [5.41, 5.74) is -0.584. The van der Waals surface area contributed by atoms with Gasteiger partial charge in [0, 0.05) is 12.6 Å². The van der Waals surface area contributed by atoms with E-state index in [-0.39, 0.29) is 35.9 Å². The molecule has 1 aliphatic heterocycles. The largest absolute Gasteiger partial charge is 0.335 e. The van der Waals surface area contributed by atoms with Crippen LogP contribution in [0.5, 0.6) is 0 Å². The minimum atomic E-state index is -0.584. The molecule has 0 radical (unpaired) electrons. The van der Waals surface area contributed by atoms with Gasteiger partial charge >= 0.3 is 6.03 Å². The lowest BCUT2D eigenvalue weighted by molar-refractivity contribution is -0.142. The van der Waals surface area contributed by atoms with E-state index < -0.39 is 17.4 Å². The molecule has 5 amide bonds. The van der Waals surface area contributed by atoms with Crippen molar-refractivity contribution in [2.45, 2.75) is 57.5 Å². The van der Waals surface area contributed by atoms with Crippen molar-refractivity contribution < 1.29 is 19.2 Å². The average molecular weight is 370 g/mol. The van der Waals surface area contributed by atoms with Gasteiger partial charge in [0.2, 0.25) is 17.7 Å². The molecule has 0 aromatic carbocycles. The highest BCUT2D eigenvalue weighted by molar-refractivity contribution is 8.00. The van der Waals surface area contributed by atoms with Crippen molar-refractivity contribution in [3.05, 3.63) is 0 Å².